The van der Waals surface area contributed by atoms with Gasteiger partial charge in [-0.2, -0.15) is 0 Å². The molecule has 6 nitrogen and oxygen atoms in total. The minimum Gasteiger partial charge on any atom is -0.456 e. The average Bonchev–Trinajstić information content (AvgIpc) is 4.01. The van der Waals surface area contributed by atoms with Crippen molar-refractivity contribution in [1.29, 1.82) is 0 Å². The molecule has 0 spiro atoms. The fourth-order valence-electron chi connectivity index (χ4n) is 10.2. The van der Waals surface area contributed by atoms with Crippen LogP contribution in [0.5, 0.6) is 0 Å². The van der Waals surface area contributed by atoms with Crippen LogP contribution in [0.1, 0.15) is 0 Å². The molecule has 0 bridgehead atoms. The number of furan rings is 2. The highest BCUT2D eigenvalue weighted by Crippen LogP contribution is 2.47. The molecule has 0 aliphatic heterocycles. The van der Waals surface area contributed by atoms with Crippen LogP contribution in [-0.4, -0.2) is 19.9 Å². The molecule has 0 fully saturated rings. The van der Waals surface area contributed by atoms with E-state index < -0.39 is 0 Å². The predicted octanol–water partition coefficient (Wildman–Crippen LogP) is 17.0. The van der Waals surface area contributed by atoms with Gasteiger partial charge in [-0.25, -0.2) is 19.9 Å². The Balaban J connectivity index is 0.892. The summed E-state index contributed by atoms with van der Waals surface area (Å²) in [5, 5.41) is 7.64. The van der Waals surface area contributed by atoms with Gasteiger partial charge in [0, 0.05) is 71.1 Å². The van der Waals surface area contributed by atoms with E-state index in [-0.39, 0.29) is 0 Å². The van der Waals surface area contributed by atoms with E-state index in [1.807, 2.05) is 66.7 Å². The second-order valence-electron chi connectivity index (χ2n) is 17.7. The molecule has 14 rings (SSSR count). The van der Waals surface area contributed by atoms with E-state index >= 15 is 0 Å². The highest BCUT2D eigenvalue weighted by molar-refractivity contribution is 6.27. The van der Waals surface area contributed by atoms with E-state index in [0.717, 1.165) is 127 Å². The highest BCUT2D eigenvalue weighted by atomic mass is 16.3. The largest absolute Gasteiger partial charge is 0.456 e. The second kappa shape index (κ2) is 16.1. The van der Waals surface area contributed by atoms with Crippen LogP contribution in [0.15, 0.2) is 239 Å². The summed E-state index contributed by atoms with van der Waals surface area (Å²) >= 11 is 0. The number of para-hydroxylation sites is 4. The fraction of sp³-hybridized carbons (Fsp3) is 0. The Labute approximate surface area is 401 Å². The maximum atomic E-state index is 6.65. The van der Waals surface area contributed by atoms with Crippen molar-refractivity contribution in [3.05, 3.63) is 231 Å². The maximum absolute atomic E-state index is 6.65. The lowest BCUT2D eigenvalue weighted by Gasteiger charge is -2.16. The molecule has 0 unspecified atom stereocenters. The van der Waals surface area contributed by atoms with E-state index in [0.29, 0.717) is 17.5 Å². The third-order valence-corrected chi connectivity index (χ3v) is 13.5. The topological polar surface area (TPSA) is 77.8 Å². The number of benzene rings is 10. The monoisotopic (exact) mass is 894 g/mol. The van der Waals surface area contributed by atoms with Gasteiger partial charge in [0.25, 0.3) is 0 Å². The van der Waals surface area contributed by atoms with Crippen LogP contribution in [0.4, 0.5) is 0 Å². The van der Waals surface area contributed by atoms with E-state index in [4.69, 9.17) is 28.8 Å². The number of nitrogens with zero attached hydrogens (tertiary/aromatic N) is 4. The van der Waals surface area contributed by atoms with Crippen LogP contribution in [-0.2, 0) is 0 Å². The summed E-state index contributed by atoms with van der Waals surface area (Å²) in [4.78, 5) is 20.7. The van der Waals surface area contributed by atoms with Crippen molar-refractivity contribution >= 4 is 65.6 Å². The third-order valence-electron chi connectivity index (χ3n) is 13.5. The molecule has 0 aliphatic carbocycles. The van der Waals surface area contributed by atoms with Crippen LogP contribution >= 0.6 is 0 Å². The molecule has 0 atom stereocenters. The maximum Gasteiger partial charge on any atom is 0.164 e. The van der Waals surface area contributed by atoms with Crippen molar-refractivity contribution in [2.75, 3.05) is 0 Å². The Morgan fingerprint density at radius 3 is 1.54 bits per heavy atom. The molecule has 14 aromatic rings. The first-order valence-corrected chi connectivity index (χ1v) is 23.4. The van der Waals surface area contributed by atoms with Crippen molar-refractivity contribution in [2.45, 2.75) is 0 Å². The summed E-state index contributed by atoms with van der Waals surface area (Å²) in [6.07, 6.45) is 0. The number of fused-ring (bicyclic) bond motifs is 9. The zero-order valence-corrected chi connectivity index (χ0v) is 37.5. The molecule has 0 aliphatic rings. The van der Waals surface area contributed by atoms with Gasteiger partial charge in [0.05, 0.1) is 11.2 Å². The van der Waals surface area contributed by atoms with Crippen molar-refractivity contribution in [3.8, 4) is 78.8 Å². The first-order chi connectivity index (χ1) is 34.7. The Morgan fingerprint density at radius 2 is 0.800 bits per heavy atom. The van der Waals surface area contributed by atoms with Gasteiger partial charge in [-0.3, -0.25) is 0 Å². The summed E-state index contributed by atoms with van der Waals surface area (Å²) in [6, 6.07) is 79.8. The van der Waals surface area contributed by atoms with Gasteiger partial charge in [-0.05, 0) is 58.7 Å². The molecule has 0 radical (unpaired) electrons. The van der Waals surface area contributed by atoms with E-state index in [2.05, 4.69) is 164 Å². The van der Waals surface area contributed by atoms with Gasteiger partial charge in [0.15, 0.2) is 17.5 Å². The molecule has 10 aromatic carbocycles. The SMILES string of the molecule is c1ccc(-c2nc(-c3cccc(-c4ccc(-c5c6c(cc7c(-c8ccccc8)nc8ccccc8c57)oc5ccccc56)cc4)c3)nc(-c3cccc(-c4cccc5c4oc4ccccc45)c3)n2)cc1. The second-order valence-corrected chi connectivity index (χ2v) is 17.7. The summed E-state index contributed by atoms with van der Waals surface area (Å²) < 4.78 is 13.1. The average molecular weight is 895 g/mol. The van der Waals surface area contributed by atoms with Crippen LogP contribution in [0.25, 0.3) is 144 Å². The van der Waals surface area contributed by atoms with Crippen LogP contribution in [0.2, 0.25) is 0 Å². The van der Waals surface area contributed by atoms with E-state index in [1.165, 1.54) is 0 Å². The fourth-order valence-corrected chi connectivity index (χ4v) is 10.2. The summed E-state index contributed by atoms with van der Waals surface area (Å²) in [5.41, 5.74) is 15.4. The van der Waals surface area contributed by atoms with Crippen molar-refractivity contribution in [3.63, 3.8) is 0 Å². The molecule has 0 amide bonds. The number of rotatable bonds is 7. The number of pyridine rings is 1. The minimum absolute atomic E-state index is 0.587. The van der Waals surface area contributed by atoms with Gasteiger partial charge in [-0.1, -0.05) is 194 Å². The normalized spacial score (nSPS) is 11.7. The summed E-state index contributed by atoms with van der Waals surface area (Å²) in [5.74, 6) is 1.78. The first kappa shape index (κ1) is 39.6. The highest BCUT2D eigenvalue weighted by Gasteiger charge is 2.22. The van der Waals surface area contributed by atoms with Gasteiger partial charge in [0.2, 0.25) is 0 Å². The third kappa shape index (κ3) is 6.57. The Morgan fingerprint density at radius 1 is 0.271 bits per heavy atom. The van der Waals surface area contributed by atoms with E-state index in [9.17, 15) is 0 Å². The zero-order valence-electron chi connectivity index (χ0n) is 37.5. The molecule has 0 saturated heterocycles. The molecule has 70 heavy (non-hydrogen) atoms. The minimum atomic E-state index is 0.587. The van der Waals surface area contributed by atoms with Gasteiger partial charge >= 0.3 is 0 Å². The van der Waals surface area contributed by atoms with Crippen LogP contribution < -0.4 is 0 Å². The Bertz CT molecular complexity index is 4350. The molecule has 0 N–H and O–H groups in total. The lowest BCUT2D eigenvalue weighted by molar-refractivity contribution is 0.669. The van der Waals surface area contributed by atoms with Crippen LogP contribution in [0, 0.1) is 0 Å². The van der Waals surface area contributed by atoms with Gasteiger partial charge in [-0.15, -0.1) is 0 Å². The first-order valence-electron chi connectivity index (χ1n) is 23.4. The molecular weight excluding hydrogens is 857 g/mol. The smallest absolute Gasteiger partial charge is 0.164 e. The molecule has 326 valence electrons. The van der Waals surface area contributed by atoms with Crippen molar-refractivity contribution in [1.82, 2.24) is 19.9 Å². The number of hydrogen-bond acceptors (Lipinski definition) is 6. The standard InChI is InChI=1S/C64H38N4O2/c1-3-16-41(17-4-1)60-52-38-56-59(51-26-9-12-31-55(51)69-56)57(58(52)50-25-7-10-29-53(50)65-60)40-34-32-39(33-35-40)43-20-13-22-45(36-43)63-66-62(42-18-5-2-6-19-42)67-64(68-63)46-23-14-21-44(37-46)47-27-15-28-49-48-24-8-11-30-54(48)70-61(47)49/h1-38H. The van der Waals surface area contributed by atoms with Crippen molar-refractivity contribution in [2.24, 2.45) is 0 Å². The predicted molar refractivity (Wildman–Crippen MR) is 285 cm³/mol. The summed E-state index contributed by atoms with van der Waals surface area (Å²) in [6.45, 7) is 0. The Kier molecular flexibility index (Phi) is 9.10. The quantitative estimate of drug-likeness (QED) is 0.148. The lowest BCUT2D eigenvalue weighted by atomic mass is 9.89. The van der Waals surface area contributed by atoms with Crippen LogP contribution in [0.3, 0.4) is 0 Å². The summed E-state index contributed by atoms with van der Waals surface area (Å²) in [7, 11) is 0. The van der Waals surface area contributed by atoms with Gasteiger partial charge < -0.3 is 8.83 Å². The van der Waals surface area contributed by atoms with Gasteiger partial charge in [0.1, 0.15) is 22.3 Å². The number of aromatic nitrogens is 4. The molecule has 6 heteroatoms. The Hall–Kier alpha value is -9.52. The molecule has 4 aromatic heterocycles. The molecule has 4 heterocycles. The lowest BCUT2D eigenvalue weighted by Crippen LogP contribution is -2.00. The van der Waals surface area contributed by atoms with E-state index in [1.54, 1.807) is 0 Å². The molecular formula is C64H38N4O2. The van der Waals surface area contributed by atoms with Crippen molar-refractivity contribution < 1.29 is 8.83 Å². The zero-order chi connectivity index (χ0) is 46.1. The molecule has 0 saturated carbocycles. The number of hydrogen-bond donors (Lipinski definition) is 0.